The first-order valence-electron chi connectivity index (χ1n) is 11.7. The Labute approximate surface area is 204 Å². The number of ether oxygens (including phenoxy) is 4. The summed E-state index contributed by atoms with van der Waals surface area (Å²) in [4.78, 5) is 4.51. The second-order valence-corrected chi connectivity index (χ2v) is 8.72. The fourth-order valence-corrected chi connectivity index (χ4v) is 4.38. The van der Waals surface area contributed by atoms with Crippen LogP contribution in [0.3, 0.4) is 0 Å². The quantitative estimate of drug-likeness (QED) is 0.336. The van der Waals surface area contributed by atoms with Crippen molar-refractivity contribution in [1.82, 2.24) is 9.80 Å². The molecule has 6 rings (SSSR count). The molecule has 0 unspecified atom stereocenters. The molecule has 2 aliphatic heterocycles. The van der Waals surface area contributed by atoms with E-state index in [1.165, 1.54) is 0 Å². The molecule has 0 aromatic heterocycles. The van der Waals surface area contributed by atoms with Gasteiger partial charge in [0.2, 0.25) is 0 Å². The van der Waals surface area contributed by atoms with Crippen LogP contribution in [0, 0.1) is 0 Å². The number of nitrogens with zero attached hydrogens (tertiary/aromatic N) is 2. The van der Waals surface area contributed by atoms with E-state index < -0.39 is 0 Å². The molecule has 6 heteroatoms. The molecule has 0 saturated heterocycles. The number of fused-ring (bicyclic) bond motifs is 2. The Bertz CT molecular complexity index is 1200. The first kappa shape index (κ1) is 21.5. The number of hydrogen-bond donors (Lipinski definition) is 0. The highest BCUT2D eigenvalue weighted by molar-refractivity contribution is 5.44. The highest BCUT2D eigenvalue weighted by Crippen LogP contribution is 2.33. The van der Waals surface area contributed by atoms with Gasteiger partial charge in [-0.3, -0.25) is 9.80 Å². The summed E-state index contributed by atoms with van der Waals surface area (Å²) < 4.78 is 24.1. The zero-order valence-electron chi connectivity index (χ0n) is 19.3. The molecule has 0 aliphatic carbocycles. The maximum Gasteiger partial charge on any atom is 0.143 e. The Morgan fingerprint density at radius 2 is 1.00 bits per heavy atom. The van der Waals surface area contributed by atoms with Crippen LogP contribution < -0.4 is 18.9 Å². The van der Waals surface area contributed by atoms with Crippen LogP contribution in [0.15, 0.2) is 97.1 Å². The SMILES string of the molecule is c1ccc(Oc2ccc3c(c2)CN(CN2COc4ccc(Oc5ccccc5)cc4C2)CO3)cc1. The summed E-state index contributed by atoms with van der Waals surface area (Å²) in [6.07, 6.45) is 0. The van der Waals surface area contributed by atoms with Crippen molar-refractivity contribution in [3.05, 3.63) is 108 Å². The van der Waals surface area contributed by atoms with Crippen LogP contribution >= 0.6 is 0 Å². The average molecular weight is 467 g/mol. The Kier molecular flexibility index (Phi) is 5.97. The molecule has 2 heterocycles. The fraction of sp³-hybridized carbons (Fsp3) is 0.172. The first-order valence-corrected chi connectivity index (χ1v) is 11.7. The highest BCUT2D eigenvalue weighted by Gasteiger charge is 2.24. The van der Waals surface area contributed by atoms with Gasteiger partial charge in [-0.25, -0.2) is 0 Å². The minimum atomic E-state index is 0.534. The van der Waals surface area contributed by atoms with E-state index in [-0.39, 0.29) is 0 Å². The molecule has 2 aliphatic rings. The standard InChI is InChI=1S/C29H26N2O4/c1-3-7-24(8-4-1)34-26-11-13-28-22(15-26)17-30(20-32-28)19-31-18-23-16-27(12-14-29(23)33-21-31)35-25-9-5-2-6-10-25/h1-16H,17-21H2. The number of rotatable bonds is 6. The molecule has 0 N–H and O–H groups in total. The second-order valence-electron chi connectivity index (χ2n) is 8.72. The summed E-state index contributed by atoms with van der Waals surface area (Å²) in [5.41, 5.74) is 2.23. The summed E-state index contributed by atoms with van der Waals surface area (Å²) in [5.74, 6) is 5.07. The van der Waals surface area contributed by atoms with Gasteiger partial charge in [-0.1, -0.05) is 36.4 Å². The normalized spacial score (nSPS) is 15.3. The Hall–Kier alpha value is -4.00. The molecule has 4 aromatic rings. The summed E-state index contributed by atoms with van der Waals surface area (Å²) in [5, 5.41) is 0. The third-order valence-electron chi connectivity index (χ3n) is 6.01. The summed E-state index contributed by atoms with van der Waals surface area (Å²) in [7, 11) is 0. The molecule has 0 bridgehead atoms. The van der Waals surface area contributed by atoms with Crippen molar-refractivity contribution in [2.75, 3.05) is 20.1 Å². The average Bonchev–Trinajstić information content (AvgIpc) is 2.89. The third-order valence-corrected chi connectivity index (χ3v) is 6.01. The predicted molar refractivity (Wildman–Crippen MR) is 133 cm³/mol. The van der Waals surface area contributed by atoms with Crippen molar-refractivity contribution in [3.8, 4) is 34.5 Å². The fourth-order valence-electron chi connectivity index (χ4n) is 4.38. The van der Waals surface area contributed by atoms with E-state index in [0.717, 1.165) is 65.4 Å². The van der Waals surface area contributed by atoms with Gasteiger partial charge >= 0.3 is 0 Å². The summed E-state index contributed by atoms with van der Waals surface area (Å²) in [6.45, 7) is 3.36. The number of para-hydroxylation sites is 2. The van der Waals surface area contributed by atoms with Gasteiger partial charge in [0.05, 0.1) is 6.67 Å². The van der Waals surface area contributed by atoms with Crippen LogP contribution in [-0.4, -0.2) is 29.9 Å². The zero-order valence-corrected chi connectivity index (χ0v) is 19.3. The van der Waals surface area contributed by atoms with Crippen LogP contribution in [-0.2, 0) is 13.1 Å². The van der Waals surface area contributed by atoms with E-state index in [1.807, 2.05) is 84.9 Å². The predicted octanol–water partition coefficient (Wildman–Crippen LogP) is 6.23. The van der Waals surface area contributed by atoms with E-state index >= 15 is 0 Å². The molecule has 4 aromatic carbocycles. The van der Waals surface area contributed by atoms with E-state index in [0.29, 0.717) is 13.5 Å². The summed E-state index contributed by atoms with van der Waals surface area (Å²) in [6, 6.07) is 31.6. The van der Waals surface area contributed by atoms with Crippen LogP contribution in [0.2, 0.25) is 0 Å². The van der Waals surface area contributed by atoms with Crippen LogP contribution in [0.25, 0.3) is 0 Å². The minimum Gasteiger partial charge on any atom is -0.478 e. The van der Waals surface area contributed by atoms with Gasteiger partial charge in [0, 0.05) is 24.2 Å². The van der Waals surface area contributed by atoms with Crippen LogP contribution in [0.5, 0.6) is 34.5 Å². The lowest BCUT2D eigenvalue weighted by atomic mass is 10.1. The third kappa shape index (κ3) is 5.09. The topological polar surface area (TPSA) is 43.4 Å². The van der Waals surface area contributed by atoms with Crippen molar-refractivity contribution < 1.29 is 18.9 Å². The second kappa shape index (κ2) is 9.70. The van der Waals surface area contributed by atoms with Crippen molar-refractivity contribution in [1.29, 1.82) is 0 Å². The molecule has 0 amide bonds. The molecule has 0 atom stereocenters. The Morgan fingerprint density at radius 1 is 0.543 bits per heavy atom. The molecule has 0 saturated carbocycles. The van der Waals surface area contributed by atoms with Gasteiger partial charge in [-0.05, 0) is 60.7 Å². The molecule has 0 radical (unpaired) electrons. The van der Waals surface area contributed by atoms with E-state index in [4.69, 9.17) is 18.9 Å². The smallest absolute Gasteiger partial charge is 0.143 e. The molecule has 176 valence electrons. The van der Waals surface area contributed by atoms with Crippen molar-refractivity contribution >= 4 is 0 Å². The lowest BCUT2D eigenvalue weighted by Crippen LogP contribution is -2.44. The van der Waals surface area contributed by atoms with Gasteiger partial charge in [0.1, 0.15) is 48.0 Å². The van der Waals surface area contributed by atoms with Crippen LogP contribution in [0.4, 0.5) is 0 Å². The lowest BCUT2D eigenvalue weighted by molar-refractivity contribution is -0.00352. The van der Waals surface area contributed by atoms with Crippen molar-refractivity contribution in [3.63, 3.8) is 0 Å². The Balaban J connectivity index is 1.10. The van der Waals surface area contributed by atoms with Gasteiger partial charge in [0.15, 0.2) is 0 Å². The van der Waals surface area contributed by atoms with Gasteiger partial charge in [0.25, 0.3) is 0 Å². The lowest BCUT2D eigenvalue weighted by Gasteiger charge is -2.36. The molecule has 0 spiro atoms. The first-order chi connectivity index (χ1) is 17.3. The highest BCUT2D eigenvalue weighted by atomic mass is 16.5. The van der Waals surface area contributed by atoms with Crippen molar-refractivity contribution in [2.45, 2.75) is 13.1 Å². The van der Waals surface area contributed by atoms with Crippen molar-refractivity contribution in [2.24, 2.45) is 0 Å². The molecule has 0 fully saturated rings. The van der Waals surface area contributed by atoms with Crippen LogP contribution in [0.1, 0.15) is 11.1 Å². The van der Waals surface area contributed by atoms with Gasteiger partial charge in [-0.15, -0.1) is 0 Å². The summed E-state index contributed by atoms with van der Waals surface area (Å²) >= 11 is 0. The number of hydrogen-bond acceptors (Lipinski definition) is 6. The molecule has 35 heavy (non-hydrogen) atoms. The monoisotopic (exact) mass is 466 g/mol. The zero-order chi connectivity index (χ0) is 23.5. The van der Waals surface area contributed by atoms with E-state index in [9.17, 15) is 0 Å². The van der Waals surface area contributed by atoms with E-state index in [2.05, 4.69) is 21.9 Å². The van der Waals surface area contributed by atoms with Gasteiger partial charge < -0.3 is 18.9 Å². The largest absolute Gasteiger partial charge is 0.478 e. The number of benzene rings is 4. The maximum atomic E-state index is 6.02. The van der Waals surface area contributed by atoms with E-state index in [1.54, 1.807) is 0 Å². The molecular formula is C29H26N2O4. The molecule has 6 nitrogen and oxygen atoms in total. The maximum absolute atomic E-state index is 6.02. The van der Waals surface area contributed by atoms with Gasteiger partial charge in [-0.2, -0.15) is 0 Å². The molecular weight excluding hydrogens is 440 g/mol. The minimum absolute atomic E-state index is 0.534. The Morgan fingerprint density at radius 3 is 1.46 bits per heavy atom.